The van der Waals surface area contributed by atoms with Crippen molar-refractivity contribution in [3.8, 4) is 5.69 Å². The summed E-state index contributed by atoms with van der Waals surface area (Å²) in [6.45, 7) is 7.46. The van der Waals surface area contributed by atoms with Crippen LogP contribution in [-0.4, -0.2) is 52.3 Å². The molecule has 0 radical (unpaired) electrons. The lowest BCUT2D eigenvalue weighted by Crippen LogP contribution is -2.54. The molecular formula is C17H23N5O2. The Hall–Kier alpha value is -1.99. The number of para-hydroxylation sites is 1. The molecule has 7 nitrogen and oxygen atoms in total. The summed E-state index contributed by atoms with van der Waals surface area (Å²) in [7, 11) is 0. The molecule has 4 rings (SSSR count). The molecule has 0 atom stereocenters. The van der Waals surface area contributed by atoms with Crippen LogP contribution in [0.4, 0.5) is 5.95 Å². The number of benzene rings is 1. The number of anilines is 1. The Labute approximate surface area is 141 Å². The summed E-state index contributed by atoms with van der Waals surface area (Å²) < 4.78 is 14.0. The first-order chi connectivity index (χ1) is 11.6. The van der Waals surface area contributed by atoms with Crippen molar-refractivity contribution in [1.29, 1.82) is 0 Å². The standard InChI is InChI=1S/C17H23N5O2/c1-16(2)12-23-17(24-13-16)8-10-21(11-9-17)15-18-19-20-22(15)14-6-4-3-5-7-14/h3-7H,8-13H2,1-2H3. The Morgan fingerprint density at radius 1 is 1.00 bits per heavy atom. The first-order valence-corrected chi connectivity index (χ1v) is 8.44. The van der Waals surface area contributed by atoms with E-state index in [-0.39, 0.29) is 5.41 Å². The second-order valence-corrected chi connectivity index (χ2v) is 7.37. The summed E-state index contributed by atoms with van der Waals surface area (Å²) >= 11 is 0. The number of hydrogen-bond acceptors (Lipinski definition) is 6. The van der Waals surface area contributed by atoms with Crippen LogP contribution in [0.2, 0.25) is 0 Å². The Balaban J connectivity index is 1.47. The lowest BCUT2D eigenvalue weighted by molar-refractivity contribution is -0.305. The number of ether oxygens (including phenoxy) is 2. The number of hydrogen-bond donors (Lipinski definition) is 0. The third kappa shape index (κ3) is 2.89. The lowest BCUT2D eigenvalue weighted by atomic mass is 9.93. The average molecular weight is 329 g/mol. The van der Waals surface area contributed by atoms with Crippen molar-refractivity contribution in [3.05, 3.63) is 30.3 Å². The predicted molar refractivity (Wildman–Crippen MR) is 89.0 cm³/mol. The van der Waals surface area contributed by atoms with Gasteiger partial charge in [-0.15, -0.1) is 0 Å². The van der Waals surface area contributed by atoms with Gasteiger partial charge in [0.05, 0.1) is 18.9 Å². The van der Waals surface area contributed by atoms with E-state index in [0.717, 1.165) is 50.8 Å². The molecule has 2 aromatic rings. The molecule has 128 valence electrons. The first kappa shape index (κ1) is 15.5. The van der Waals surface area contributed by atoms with Crippen LogP contribution in [-0.2, 0) is 9.47 Å². The third-order valence-electron chi connectivity index (χ3n) is 4.71. The van der Waals surface area contributed by atoms with E-state index < -0.39 is 5.79 Å². The number of aromatic nitrogens is 4. The quantitative estimate of drug-likeness (QED) is 0.840. The van der Waals surface area contributed by atoms with Crippen LogP contribution in [0.3, 0.4) is 0 Å². The molecule has 0 unspecified atom stereocenters. The molecule has 0 aliphatic carbocycles. The van der Waals surface area contributed by atoms with Crippen LogP contribution in [0, 0.1) is 5.41 Å². The summed E-state index contributed by atoms with van der Waals surface area (Å²) in [5.41, 5.74) is 1.06. The normalized spacial score (nSPS) is 22.7. The third-order valence-corrected chi connectivity index (χ3v) is 4.71. The fourth-order valence-corrected chi connectivity index (χ4v) is 3.19. The van der Waals surface area contributed by atoms with Gasteiger partial charge >= 0.3 is 0 Å². The van der Waals surface area contributed by atoms with Crippen molar-refractivity contribution in [2.75, 3.05) is 31.2 Å². The molecule has 0 N–H and O–H groups in total. The van der Waals surface area contributed by atoms with Crippen molar-refractivity contribution in [3.63, 3.8) is 0 Å². The SMILES string of the molecule is CC1(C)COC2(CCN(c3nnnn3-c3ccccc3)CC2)OC1. The Morgan fingerprint density at radius 2 is 1.67 bits per heavy atom. The fraction of sp³-hybridized carbons (Fsp3) is 0.588. The van der Waals surface area contributed by atoms with E-state index in [1.54, 1.807) is 4.68 Å². The van der Waals surface area contributed by atoms with Crippen molar-refractivity contribution in [1.82, 2.24) is 20.2 Å². The zero-order valence-corrected chi connectivity index (χ0v) is 14.2. The van der Waals surface area contributed by atoms with Crippen LogP contribution in [0.5, 0.6) is 0 Å². The van der Waals surface area contributed by atoms with Gasteiger partial charge in [0.1, 0.15) is 0 Å². The molecule has 2 fully saturated rings. The number of tetrazole rings is 1. The fourth-order valence-electron chi connectivity index (χ4n) is 3.19. The monoisotopic (exact) mass is 329 g/mol. The molecule has 1 aromatic heterocycles. The highest BCUT2D eigenvalue weighted by Crippen LogP contribution is 2.37. The second-order valence-electron chi connectivity index (χ2n) is 7.37. The van der Waals surface area contributed by atoms with Gasteiger partial charge in [-0.3, -0.25) is 0 Å². The maximum atomic E-state index is 6.09. The molecule has 0 bridgehead atoms. The van der Waals surface area contributed by atoms with E-state index >= 15 is 0 Å². The Kier molecular flexibility index (Phi) is 3.77. The Bertz CT molecular complexity index is 680. The van der Waals surface area contributed by atoms with Crippen LogP contribution >= 0.6 is 0 Å². The van der Waals surface area contributed by atoms with Gasteiger partial charge in [0, 0.05) is 31.3 Å². The van der Waals surface area contributed by atoms with Crippen LogP contribution < -0.4 is 4.90 Å². The van der Waals surface area contributed by atoms with Gasteiger partial charge in [0.15, 0.2) is 5.79 Å². The minimum absolute atomic E-state index is 0.0970. The van der Waals surface area contributed by atoms with Gasteiger partial charge in [0.25, 0.3) is 0 Å². The van der Waals surface area contributed by atoms with E-state index in [1.165, 1.54) is 0 Å². The summed E-state index contributed by atoms with van der Waals surface area (Å²) in [4.78, 5) is 2.20. The van der Waals surface area contributed by atoms with Gasteiger partial charge in [-0.25, -0.2) is 0 Å². The summed E-state index contributed by atoms with van der Waals surface area (Å²) in [5, 5.41) is 12.2. The van der Waals surface area contributed by atoms with Crippen LogP contribution in [0.1, 0.15) is 26.7 Å². The molecule has 0 amide bonds. The van der Waals surface area contributed by atoms with Crippen LogP contribution in [0.15, 0.2) is 30.3 Å². The molecular weight excluding hydrogens is 306 g/mol. The lowest BCUT2D eigenvalue weighted by Gasteiger charge is -2.47. The zero-order chi connectivity index (χ0) is 16.6. The van der Waals surface area contributed by atoms with E-state index in [2.05, 4.69) is 34.3 Å². The maximum Gasteiger partial charge on any atom is 0.250 e. The summed E-state index contributed by atoms with van der Waals surface area (Å²) in [6.07, 6.45) is 1.65. The summed E-state index contributed by atoms with van der Waals surface area (Å²) in [6, 6.07) is 9.95. The highest BCUT2D eigenvalue weighted by Gasteiger charge is 2.43. The van der Waals surface area contributed by atoms with E-state index in [4.69, 9.17) is 9.47 Å². The first-order valence-electron chi connectivity index (χ1n) is 8.44. The Morgan fingerprint density at radius 3 is 2.33 bits per heavy atom. The van der Waals surface area contributed by atoms with E-state index in [9.17, 15) is 0 Å². The van der Waals surface area contributed by atoms with Gasteiger partial charge in [-0.05, 0) is 22.6 Å². The second kappa shape index (κ2) is 5.82. The molecule has 2 saturated heterocycles. The maximum absolute atomic E-state index is 6.09. The smallest absolute Gasteiger partial charge is 0.250 e. The van der Waals surface area contributed by atoms with E-state index in [0.29, 0.717) is 0 Å². The van der Waals surface area contributed by atoms with Gasteiger partial charge in [-0.2, -0.15) is 4.68 Å². The molecule has 2 aliphatic heterocycles. The minimum atomic E-state index is -0.433. The molecule has 2 aliphatic rings. The molecule has 0 saturated carbocycles. The summed E-state index contributed by atoms with van der Waals surface area (Å²) in [5.74, 6) is 0.337. The number of nitrogens with zero attached hydrogens (tertiary/aromatic N) is 5. The van der Waals surface area contributed by atoms with Crippen LogP contribution in [0.25, 0.3) is 5.69 Å². The molecule has 3 heterocycles. The van der Waals surface area contributed by atoms with E-state index in [1.807, 2.05) is 30.3 Å². The molecule has 1 aromatic carbocycles. The van der Waals surface area contributed by atoms with Gasteiger partial charge in [0.2, 0.25) is 5.95 Å². The van der Waals surface area contributed by atoms with Crippen molar-refractivity contribution >= 4 is 5.95 Å². The molecule has 24 heavy (non-hydrogen) atoms. The molecule has 7 heteroatoms. The largest absolute Gasteiger partial charge is 0.349 e. The number of rotatable bonds is 2. The highest BCUT2D eigenvalue weighted by atomic mass is 16.7. The highest BCUT2D eigenvalue weighted by molar-refractivity contribution is 5.40. The average Bonchev–Trinajstić information content (AvgIpc) is 3.09. The topological polar surface area (TPSA) is 65.3 Å². The van der Waals surface area contributed by atoms with Crippen molar-refractivity contribution in [2.24, 2.45) is 5.41 Å². The van der Waals surface area contributed by atoms with Gasteiger partial charge < -0.3 is 14.4 Å². The van der Waals surface area contributed by atoms with Crippen molar-refractivity contribution in [2.45, 2.75) is 32.5 Å². The van der Waals surface area contributed by atoms with Crippen molar-refractivity contribution < 1.29 is 9.47 Å². The minimum Gasteiger partial charge on any atom is -0.349 e. The predicted octanol–water partition coefficient (Wildman–Crippen LogP) is 2.03. The number of piperidine rings is 1. The molecule has 1 spiro atoms. The zero-order valence-electron chi connectivity index (χ0n) is 14.2. The van der Waals surface area contributed by atoms with Gasteiger partial charge in [-0.1, -0.05) is 37.1 Å².